The molecule has 0 atom stereocenters. The van der Waals surface area contributed by atoms with Crippen LogP contribution in [0.2, 0.25) is 5.02 Å². The van der Waals surface area contributed by atoms with E-state index in [9.17, 15) is 0 Å². The quantitative estimate of drug-likeness (QED) is 0.887. The van der Waals surface area contributed by atoms with Gasteiger partial charge in [0, 0.05) is 12.7 Å². The van der Waals surface area contributed by atoms with E-state index in [1.807, 2.05) is 19.2 Å². The highest BCUT2D eigenvalue weighted by atomic mass is 35.5. The molecule has 0 aliphatic rings. The number of rotatable bonds is 3. The molecule has 0 spiro atoms. The highest BCUT2D eigenvalue weighted by Gasteiger charge is 2.01. The van der Waals surface area contributed by atoms with Gasteiger partial charge < -0.3 is 5.32 Å². The van der Waals surface area contributed by atoms with E-state index in [4.69, 9.17) is 11.6 Å². The lowest BCUT2D eigenvalue weighted by molar-refractivity contribution is 1.10. The molecule has 2 aromatic rings. The highest BCUT2D eigenvalue weighted by molar-refractivity contribution is 6.32. The van der Waals surface area contributed by atoms with Crippen molar-refractivity contribution in [1.82, 2.24) is 4.98 Å². The maximum absolute atomic E-state index is 6.10. The molecular formula is C14H15ClN2. The smallest absolute Gasteiger partial charge is 0.145 e. The van der Waals surface area contributed by atoms with Gasteiger partial charge in [-0.15, -0.1) is 0 Å². The van der Waals surface area contributed by atoms with Crippen LogP contribution in [0.5, 0.6) is 0 Å². The van der Waals surface area contributed by atoms with Crippen LogP contribution >= 0.6 is 11.6 Å². The van der Waals surface area contributed by atoms with Gasteiger partial charge in [-0.05, 0) is 31.0 Å². The Morgan fingerprint density at radius 3 is 2.47 bits per heavy atom. The number of hydrogen-bond acceptors (Lipinski definition) is 2. The van der Waals surface area contributed by atoms with Crippen LogP contribution in [0, 0.1) is 13.8 Å². The molecule has 0 radical (unpaired) electrons. The van der Waals surface area contributed by atoms with Gasteiger partial charge in [-0.1, -0.05) is 41.4 Å². The molecule has 3 heteroatoms. The average molecular weight is 247 g/mol. The third kappa shape index (κ3) is 3.21. The summed E-state index contributed by atoms with van der Waals surface area (Å²) < 4.78 is 0. The molecular weight excluding hydrogens is 232 g/mol. The zero-order valence-electron chi connectivity index (χ0n) is 10.00. The molecule has 2 rings (SSSR count). The number of aromatic nitrogens is 1. The fourth-order valence-corrected chi connectivity index (χ4v) is 1.84. The van der Waals surface area contributed by atoms with Crippen molar-refractivity contribution in [2.75, 3.05) is 5.32 Å². The van der Waals surface area contributed by atoms with Crippen LogP contribution in [0.4, 0.5) is 5.82 Å². The summed E-state index contributed by atoms with van der Waals surface area (Å²) in [6, 6.07) is 10.3. The Kier molecular flexibility index (Phi) is 3.64. The van der Waals surface area contributed by atoms with Gasteiger partial charge in [0.1, 0.15) is 5.82 Å². The normalized spacial score (nSPS) is 10.3. The number of nitrogens with zero attached hydrogens (tertiary/aromatic N) is 1. The van der Waals surface area contributed by atoms with Gasteiger partial charge in [-0.2, -0.15) is 0 Å². The third-order valence-corrected chi connectivity index (χ3v) is 2.85. The van der Waals surface area contributed by atoms with Crippen molar-refractivity contribution in [1.29, 1.82) is 0 Å². The van der Waals surface area contributed by atoms with Crippen LogP contribution in [0.25, 0.3) is 0 Å². The SMILES string of the molecule is Cc1ccc(CNc2ncc(C)cc2Cl)cc1. The van der Waals surface area contributed by atoms with Crippen LogP contribution < -0.4 is 5.32 Å². The van der Waals surface area contributed by atoms with Crippen LogP contribution in [-0.2, 0) is 6.54 Å². The van der Waals surface area contributed by atoms with Crippen molar-refractivity contribution in [3.63, 3.8) is 0 Å². The summed E-state index contributed by atoms with van der Waals surface area (Å²) in [6.45, 7) is 4.79. The fourth-order valence-electron chi connectivity index (χ4n) is 1.56. The maximum atomic E-state index is 6.10. The standard InChI is InChI=1S/C14H15ClN2/c1-10-3-5-12(6-4-10)9-17-14-13(15)7-11(2)8-16-14/h3-8H,9H2,1-2H3,(H,16,17). The van der Waals surface area contributed by atoms with E-state index < -0.39 is 0 Å². The fraction of sp³-hybridized carbons (Fsp3) is 0.214. The van der Waals surface area contributed by atoms with E-state index in [0.29, 0.717) is 5.02 Å². The minimum atomic E-state index is 0.664. The number of nitrogens with one attached hydrogen (secondary N) is 1. The van der Waals surface area contributed by atoms with E-state index in [-0.39, 0.29) is 0 Å². The summed E-state index contributed by atoms with van der Waals surface area (Å²) in [5.41, 5.74) is 3.55. The minimum absolute atomic E-state index is 0.664. The second-order valence-corrected chi connectivity index (χ2v) is 4.59. The molecule has 2 nitrogen and oxygen atoms in total. The van der Waals surface area contributed by atoms with E-state index in [2.05, 4.69) is 41.5 Å². The lowest BCUT2D eigenvalue weighted by Crippen LogP contribution is -2.02. The van der Waals surface area contributed by atoms with Gasteiger partial charge in [0.2, 0.25) is 0 Å². The molecule has 1 aromatic carbocycles. The molecule has 0 saturated heterocycles. The Morgan fingerprint density at radius 2 is 1.82 bits per heavy atom. The summed E-state index contributed by atoms with van der Waals surface area (Å²) in [5.74, 6) is 0.734. The van der Waals surface area contributed by atoms with Crippen molar-refractivity contribution in [3.05, 3.63) is 58.2 Å². The Hall–Kier alpha value is -1.54. The molecule has 0 unspecified atom stereocenters. The number of halogens is 1. The second-order valence-electron chi connectivity index (χ2n) is 4.18. The first-order valence-corrected chi connectivity index (χ1v) is 5.94. The molecule has 88 valence electrons. The van der Waals surface area contributed by atoms with Gasteiger partial charge in [0.15, 0.2) is 0 Å². The summed E-state index contributed by atoms with van der Waals surface area (Å²) in [5, 5.41) is 3.90. The maximum Gasteiger partial charge on any atom is 0.145 e. The lowest BCUT2D eigenvalue weighted by Gasteiger charge is -2.08. The highest BCUT2D eigenvalue weighted by Crippen LogP contribution is 2.20. The first-order chi connectivity index (χ1) is 8.15. The monoisotopic (exact) mass is 246 g/mol. The summed E-state index contributed by atoms with van der Waals surface area (Å²) in [4.78, 5) is 4.27. The second kappa shape index (κ2) is 5.19. The Labute approximate surface area is 107 Å². The molecule has 1 N–H and O–H groups in total. The van der Waals surface area contributed by atoms with Gasteiger partial charge in [0.05, 0.1) is 5.02 Å². The number of benzene rings is 1. The zero-order chi connectivity index (χ0) is 12.3. The molecule has 17 heavy (non-hydrogen) atoms. The molecule has 0 fully saturated rings. The number of pyridine rings is 1. The predicted octanol–water partition coefficient (Wildman–Crippen LogP) is 3.96. The number of hydrogen-bond donors (Lipinski definition) is 1. The van der Waals surface area contributed by atoms with Crippen molar-refractivity contribution >= 4 is 17.4 Å². The van der Waals surface area contributed by atoms with Crippen molar-refractivity contribution in [2.24, 2.45) is 0 Å². The lowest BCUT2D eigenvalue weighted by atomic mass is 10.1. The molecule has 1 aromatic heterocycles. The van der Waals surface area contributed by atoms with E-state index in [1.54, 1.807) is 0 Å². The van der Waals surface area contributed by atoms with Gasteiger partial charge in [0.25, 0.3) is 0 Å². The van der Waals surface area contributed by atoms with Crippen LogP contribution in [0.15, 0.2) is 36.5 Å². The van der Waals surface area contributed by atoms with Gasteiger partial charge in [-0.25, -0.2) is 4.98 Å². The summed E-state index contributed by atoms with van der Waals surface area (Å²) >= 11 is 6.10. The minimum Gasteiger partial charge on any atom is -0.365 e. The van der Waals surface area contributed by atoms with Crippen molar-refractivity contribution in [3.8, 4) is 0 Å². The molecule has 0 amide bonds. The van der Waals surface area contributed by atoms with E-state index >= 15 is 0 Å². The van der Waals surface area contributed by atoms with Crippen molar-refractivity contribution in [2.45, 2.75) is 20.4 Å². The van der Waals surface area contributed by atoms with Crippen molar-refractivity contribution < 1.29 is 0 Å². The molecule has 0 aliphatic heterocycles. The van der Waals surface area contributed by atoms with Gasteiger partial charge in [-0.3, -0.25) is 0 Å². The molecule has 0 aliphatic carbocycles. The molecule has 0 bridgehead atoms. The average Bonchev–Trinajstić information content (AvgIpc) is 2.30. The van der Waals surface area contributed by atoms with Gasteiger partial charge >= 0.3 is 0 Å². The Bertz CT molecular complexity index is 506. The Morgan fingerprint density at radius 1 is 1.12 bits per heavy atom. The molecule has 0 saturated carbocycles. The summed E-state index contributed by atoms with van der Waals surface area (Å²) in [6.07, 6.45) is 1.81. The predicted molar refractivity (Wildman–Crippen MR) is 72.5 cm³/mol. The third-order valence-electron chi connectivity index (χ3n) is 2.56. The van der Waals surface area contributed by atoms with Crippen LogP contribution in [-0.4, -0.2) is 4.98 Å². The first-order valence-electron chi connectivity index (χ1n) is 5.57. The van der Waals surface area contributed by atoms with Crippen LogP contribution in [0.1, 0.15) is 16.7 Å². The van der Waals surface area contributed by atoms with E-state index in [0.717, 1.165) is 17.9 Å². The topological polar surface area (TPSA) is 24.9 Å². The summed E-state index contributed by atoms with van der Waals surface area (Å²) in [7, 11) is 0. The zero-order valence-corrected chi connectivity index (χ0v) is 10.8. The number of aryl methyl sites for hydroxylation is 2. The molecule has 1 heterocycles. The number of anilines is 1. The first kappa shape index (κ1) is 11.9. The Balaban J connectivity index is 2.04. The van der Waals surface area contributed by atoms with Crippen LogP contribution in [0.3, 0.4) is 0 Å². The largest absolute Gasteiger partial charge is 0.365 e. The van der Waals surface area contributed by atoms with E-state index in [1.165, 1.54) is 11.1 Å².